The summed E-state index contributed by atoms with van der Waals surface area (Å²) in [4.78, 5) is 23.3. The van der Waals surface area contributed by atoms with Gasteiger partial charge in [-0.1, -0.05) is 110 Å². The van der Waals surface area contributed by atoms with E-state index >= 15 is 0 Å². The fourth-order valence-corrected chi connectivity index (χ4v) is 4.60. The molecule has 0 unspecified atom stereocenters. The molecule has 0 aliphatic carbocycles. The first-order chi connectivity index (χ1) is 24.4. The number of carbonyl (C=O) groups excluding carboxylic acids is 2. The van der Waals surface area contributed by atoms with E-state index in [1.165, 1.54) is 0 Å². The van der Waals surface area contributed by atoms with Gasteiger partial charge in [-0.15, -0.1) is 17.5 Å². The Labute approximate surface area is 327 Å². The Balaban J connectivity index is 0.000000323. The number of benzene rings is 4. The molecule has 0 aliphatic rings. The van der Waals surface area contributed by atoms with Crippen molar-refractivity contribution in [2.45, 2.75) is 92.0 Å². The number of ether oxygens (including phenoxy) is 4. The van der Waals surface area contributed by atoms with Gasteiger partial charge in [-0.05, 0) is 112 Å². The number of hydrogen-bond acceptors (Lipinski definition) is 6. The smallest absolute Gasteiger partial charge is 0.428 e. The zero-order valence-corrected chi connectivity index (χ0v) is 36.7. The lowest BCUT2D eigenvalue weighted by Crippen LogP contribution is -2.25. The first-order valence-corrected chi connectivity index (χ1v) is 25.1. The van der Waals surface area contributed by atoms with Crippen molar-refractivity contribution < 1.29 is 28.5 Å². The van der Waals surface area contributed by atoms with Crippen LogP contribution in [0.3, 0.4) is 0 Å². The third kappa shape index (κ3) is 19.8. The fraction of sp³-hybridized carbons (Fsp3) is 0.318. The molecule has 0 radical (unpaired) electrons. The maximum absolute atomic E-state index is 11.7. The van der Waals surface area contributed by atoms with E-state index in [-0.39, 0.29) is 0 Å². The maximum atomic E-state index is 11.7. The van der Waals surface area contributed by atoms with Crippen molar-refractivity contribution in [3.63, 3.8) is 0 Å². The molecule has 53 heavy (non-hydrogen) atoms. The molecular formula is C44H53BrO6Si2. The van der Waals surface area contributed by atoms with Gasteiger partial charge in [0.15, 0.2) is 0 Å². The standard InChI is InChI=1S/C22H26O3Si.C17H17BrO3.C5H10Si/c1-22(2,3)25-21(23)24-20-13-11-19(12-14-20)18-9-7-17(8-10-18)15-16-26(4,5)6;1-17(2,3)21-16(19)20-15-10-6-13(7-11-15)12-4-8-14(18)9-5-12;1-5-6(2,3)4/h7-14H,1-6H3;4-11H,1-3H3;1H,2-4H3. The lowest BCUT2D eigenvalue weighted by molar-refractivity contribution is 0.0193. The highest BCUT2D eigenvalue weighted by atomic mass is 79.9. The molecule has 6 nitrogen and oxygen atoms in total. The van der Waals surface area contributed by atoms with Crippen LogP contribution in [0.2, 0.25) is 39.3 Å². The van der Waals surface area contributed by atoms with Crippen molar-refractivity contribution in [1.29, 1.82) is 0 Å². The number of halogens is 1. The first kappa shape index (κ1) is 44.6. The lowest BCUT2D eigenvalue weighted by atomic mass is 10.0. The van der Waals surface area contributed by atoms with Crippen LogP contribution >= 0.6 is 15.9 Å². The second-order valence-corrected chi connectivity index (χ2v) is 26.6. The molecule has 0 atom stereocenters. The third-order valence-electron chi connectivity index (χ3n) is 6.30. The molecule has 0 heterocycles. The van der Waals surface area contributed by atoms with Crippen LogP contribution in [0.4, 0.5) is 9.59 Å². The van der Waals surface area contributed by atoms with E-state index in [1.807, 2.05) is 60.7 Å². The molecule has 0 N–H and O–H groups in total. The van der Waals surface area contributed by atoms with Crippen LogP contribution in [0.5, 0.6) is 11.5 Å². The molecule has 4 aromatic carbocycles. The van der Waals surface area contributed by atoms with Gasteiger partial charge in [0.2, 0.25) is 0 Å². The van der Waals surface area contributed by atoms with E-state index in [2.05, 4.69) is 84.4 Å². The van der Waals surface area contributed by atoms with Crippen LogP contribution in [0.1, 0.15) is 47.1 Å². The monoisotopic (exact) mass is 812 g/mol. The average Bonchev–Trinajstić information content (AvgIpc) is 3.03. The van der Waals surface area contributed by atoms with Crippen molar-refractivity contribution in [1.82, 2.24) is 0 Å². The first-order valence-electron chi connectivity index (χ1n) is 17.3. The van der Waals surface area contributed by atoms with Crippen LogP contribution in [0, 0.1) is 23.4 Å². The summed E-state index contributed by atoms with van der Waals surface area (Å²) < 4.78 is 21.6. The molecule has 4 aromatic rings. The minimum Gasteiger partial charge on any atom is -0.428 e. The highest BCUT2D eigenvalue weighted by Crippen LogP contribution is 2.25. The Morgan fingerprint density at radius 1 is 0.547 bits per heavy atom. The summed E-state index contributed by atoms with van der Waals surface area (Å²) in [5.74, 6) is 4.17. The summed E-state index contributed by atoms with van der Waals surface area (Å²) in [7, 11) is -2.47. The molecule has 0 aliphatic heterocycles. The van der Waals surface area contributed by atoms with E-state index < -0.39 is 39.7 Å². The Morgan fingerprint density at radius 2 is 0.849 bits per heavy atom. The van der Waals surface area contributed by atoms with E-state index in [0.717, 1.165) is 32.3 Å². The van der Waals surface area contributed by atoms with Gasteiger partial charge in [0.05, 0.1) is 0 Å². The van der Waals surface area contributed by atoms with Crippen LogP contribution < -0.4 is 9.47 Å². The SMILES string of the molecule is C#C[Si](C)(C)C.CC(C)(C)OC(=O)Oc1ccc(-c2ccc(Br)cc2)cc1.CC(C)(C)OC(=O)Oc1ccc(-c2ccc(C#C[Si](C)(C)C)cc2)cc1. The predicted octanol–water partition coefficient (Wildman–Crippen LogP) is 12.8. The normalized spacial score (nSPS) is 11.1. The fourth-order valence-electron chi connectivity index (χ4n) is 3.81. The molecule has 0 bridgehead atoms. The van der Waals surface area contributed by atoms with Gasteiger partial charge in [0, 0.05) is 10.0 Å². The van der Waals surface area contributed by atoms with E-state index in [1.54, 1.807) is 65.8 Å². The highest BCUT2D eigenvalue weighted by molar-refractivity contribution is 9.10. The van der Waals surface area contributed by atoms with Gasteiger partial charge in [0.25, 0.3) is 0 Å². The molecule has 0 spiro atoms. The zero-order chi connectivity index (χ0) is 40.0. The maximum Gasteiger partial charge on any atom is 0.514 e. The highest BCUT2D eigenvalue weighted by Gasteiger charge is 2.19. The Hall–Kier alpha value is -4.55. The van der Waals surface area contributed by atoms with E-state index in [9.17, 15) is 9.59 Å². The average molecular weight is 814 g/mol. The van der Waals surface area contributed by atoms with Gasteiger partial charge in [-0.2, -0.15) is 0 Å². The second-order valence-electron chi connectivity index (χ2n) is 16.2. The largest absolute Gasteiger partial charge is 0.514 e. The van der Waals surface area contributed by atoms with Gasteiger partial charge >= 0.3 is 12.3 Å². The van der Waals surface area contributed by atoms with Crippen molar-refractivity contribution >= 4 is 44.4 Å². The zero-order valence-electron chi connectivity index (χ0n) is 33.1. The second kappa shape index (κ2) is 19.5. The quantitative estimate of drug-likeness (QED) is 0.0884. The van der Waals surface area contributed by atoms with Gasteiger partial charge in [0.1, 0.15) is 38.8 Å². The van der Waals surface area contributed by atoms with Gasteiger partial charge in [-0.25, -0.2) is 9.59 Å². The van der Waals surface area contributed by atoms with Crippen molar-refractivity contribution in [2.75, 3.05) is 0 Å². The Bertz CT molecular complexity index is 1870. The number of carbonyl (C=O) groups is 2. The molecule has 0 saturated heterocycles. The molecule has 4 rings (SSSR count). The number of rotatable bonds is 4. The van der Waals surface area contributed by atoms with Crippen LogP contribution in [0.25, 0.3) is 22.3 Å². The number of terminal acetylenes is 1. The summed E-state index contributed by atoms with van der Waals surface area (Å²) in [6.07, 6.45) is 3.72. The molecule has 280 valence electrons. The molecule has 0 saturated carbocycles. The molecule has 9 heteroatoms. The number of hydrogen-bond donors (Lipinski definition) is 0. The summed E-state index contributed by atoms with van der Waals surface area (Å²) >= 11 is 3.41. The van der Waals surface area contributed by atoms with Gasteiger partial charge in [-0.3, -0.25) is 0 Å². The van der Waals surface area contributed by atoms with Crippen LogP contribution in [0.15, 0.2) is 102 Å². The van der Waals surface area contributed by atoms with Crippen LogP contribution in [-0.2, 0) is 9.47 Å². The molecule has 0 aromatic heterocycles. The van der Waals surface area contributed by atoms with Crippen molar-refractivity contribution in [3.05, 3.63) is 107 Å². The summed E-state index contributed by atoms with van der Waals surface area (Å²) in [6, 6.07) is 30.9. The minimum atomic E-state index is -1.37. The van der Waals surface area contributed by atoms with Gasteiger partial charge < -0.3 is 18.9 Å². The Kier molecular flexibility index (Phi) is 16.4. The predicted molar refractivity (Wildman–Crippen MR) is 228 cm³/mol. The van der Waals surface area contributed by atoms with Crippen molar-refractivity contribution in [2.24, 2.45) is 0 Å². The summed E-state index contributed by atoms with van der Waals surface area (Å²) in [5, 5.41) is 0. The van der Waals surface area contributed by atoms with Crippen LogP contribution in [-0.4, -0.2) is 39.7 Å². The summed E-state index contributed by atoms with van der Waals surface area (Å²) in [5.41, 5.74) is 10.3. The lowest BCUT2D eigenvalue weighted by Gasteiger charge is -2.18. The van der Waals surface area contributed by atoms with E-state index in [4.69, 9.17) is 25.4 Å². The third-order valence-corrected chi connectivity index (χ3v) is 8.57. The van der Waals surface area contributed by atoms with Crippen molar-refractivity contribution in [3.8, 4) is 57.2 Å². The molecule has 0 fully saturated rings. The molecular weight excluding hydrogens is 761 g/mol. The summed E-state index contributed by atoms with van der Waals surface area (Å²) in [6.45, 7) is 23.9. The molecule has 0 amide bonds. The Morgan fingerprint density at radius 3 is 1.13 bits per heavy atom. The minimum absolute atomic E-state index is 0.459. The topological polar surface area (TPSA) is 71.1 Å². The van der Waals surface area contributed by atoms with E-state index in [0.29, 0.717) is 11.5 Å².